The summed E-state index contributed by atoms with van der Waals surface area (Å²) in [6.45, 7) is 6.02. The van der Waals surface area contributed by atoms with Crippen molar-refractivity contribution in [2.45, 2.75) is 13.0 Å². The van der Waals surface area contributed by atoms with Gasteiger partial charge in [-0.15, -0.1) is 0 Å². The number of nitrogens with zero attached hydrogens (tertiary/aromatic N) is 4. The van der Waals surface area contributed by atoms with Crippen molar-refractivity contribution in [1.29, 1.82) is 0 Å². The molecule has 0 saturated carbocycles. The molecule has 2 fully saturated rings. The average molecular weight is 247 g/mol. The number of amides is 1. The van der Waals surface area contributed by atoms with E-state index >= 15 is 0 Å². The van der Waals surface area contributed by atoms with E-state index in [0.717, 1.165) is 37.8 Å². The van der Waals surface area contributed by atoms with Gasteiger partial charge in [-0.25, -0.2) is 9.97 Å². The number of hydrogen-bond donors (Lipinski definition) is 1. The van der Waals surface area contributed by atoms with Gasteiger partial charge in [0.05, 0.1) is 6.54 Å². The highest BCUT2D eigenvalue weighted by molar-refractivity contribution is 5.78. The van der Waals surface area contributed by atoms with Crippen molar-refractivity contribution in [3.05, 3.63) is 18.0 Å². The van der Waals surface area contributed by atoms with Crippen LogP contribution in [0.1, 0.15) is 5.69 Å². The highest BCUT2D eigenvalue weighted by atomic mass is 16.2. The van der Waals surface area contributed by atoms with E-state index in [1.807, 2.05) is 13.0 Å². The Kier molecular flexibility index (Phi) is 2.87. The van der Waals surface area contributed by atoms with Crippen molar-refractivity contribution >= 4 is 11.9 Å². The van der Waals surface area contributed by atoms with Crippen LogP contribution in [-0.2, 0) is 4.79 Å². The van der Waals surface area contributed by atoms with Crippen LogP contribution in [0.15, 0.2) is 12.3 Å². The predicted octanol–water partition coefficient (Wildman–Crippen LogP) is -0.595. The van der Waals surface area contributed by atoms with Crippen LogP contribution in [0.25, 0.3) is 0 Å². The van der Waals surface area contributed by atoms with Crippen LogP contribution in [0.2, 0.25) is 0 Å². The molecule has 2 aliphatic rings. The third kappa shape index (κ3) is 2.15. The molecule has 2 saturated heterocycles. The summed E-state index contributed by atoms with van der Waals surface area (Å²) in [6.07, 6.45) is 1.79. The van der Waals surface area contributed by atoms with Gasteiger partial charge in [0.1, 0.15) is 0 Å². The van der Waals surface area contributed by atoms with Crippen LogP contribution in [0, 0.1) is 6.92 Å². The van der Waals surface area contributed by atoms with E-state index in [-0.39, 0.29) is 5.91 Å². The molecule has 0 aliphatic carbocycles. The quantitative estimate of drug-likeness (QED) is 0.756. The number of aryl methyl sites for hydroxylation is 1. The number of hydrogen-bond acceptors (Lipinski definition) is 5. The molecule has 6 nitrogen and oxygen atoms in total. The third-order valence-electron chi connectivity index (χ3n) is 3.51. The van der Waals surface area contributed by atoms with Crippen molar-refractivity contribution in [3.8, 4) is 0 Å². The van der Waals surface area contributed by atoms with Crippen molar-refractivity contribution < 1.29 is 4.79 Å². The summed E-state index contributed by atoms with van der Waals surface area (Å²) in [5.74, 6) is 0.930. The van der Waals surface area contributed by atoms with Gasteiger partial charge in [0.2, 0.25) is 11.9 Å². The van der Waals surface area contributed by atoms with Gasteiger partial charge in [0.25, 0.3) is 0 Å². The first-order valence-corrected chi connectivity index (χ1v) is 6.28. The summed E-state index contributed by atoms with van der Waals surface area (Å²) in [7, 11) is 0. The van der Waals surface area contributed by atoms with Crippen LogP contribution >= 0.6 is 0 Å². The predicted molar refractivity (Wildman–Crippen MR) is 67.4 cm³/mol. The lowest BCUT2D eigenvalue weighted by molar-refractivity contribution is -0.125. The third-order valence-corrected chi connectivity index (χ3v) is 3.51. The molecule has 1 aromatic rings. The lowest BCUT2D eigenvalue weighted by Crippen LogP contribution is -2.64. The second-order valence-corrected chi connectivity index (χ2v) is 4.88. The summed E-state index contributed by atoms with van der Waals surface area (Å²) in [5.41, 5.74) is 0.987. The lowest BCUT2D eigenvalue weighted by Gasteiger charge is -2.46. The fourth-order valence-electron chi connectivity index (χ4n) is 2.41. The molecular formula is C12H17N5O. The van der Waals surface area contributed by atoms with Gasteiger partial charge in [-0.2, -0.15) is 0 Å². The van der Waals surface area contributed by atoms with Crippen LogP contribution in [0.5, 0.6) is 0 Å². The van der Waals surface area contributed by atoms with E-state index in [4.69, 9.17) is 0 Å². The number of rotatable bonds is 2. The van der Waals surface area contributed by atoms with Gasteiger partial charge in [-0.1, -0.05) is 0 Å². The Labute approximate surface area is 106 Å². The molecule has 2 aliphatic heterocycles. The van der Waals surface area contributed by atoms with Crippen molar-refractivity contribution in [3.63, 3.8) is 0 Å². The molecule has 3 rings (SSSR count). The topological polar surface area (TPSA) is 61.4 Å². The first kappa shape index (κ1) is 11.4. The number of piperazine rings is 1. The monoisotopic (exact) mass is 247 g/mol. The van der Waals surface area contributed by atoms with Crippen LogP contribution in [0.4, 0.5) is 5.95 Å². The van der Waals surface area contributed by atoms with Gasteiger partial charge in [0.15, 0.2) is 0 Å². The Morgan fingerprint density at radius 2 is 2.28 bits per heavy atom. The Morgan fingerprint density at radius 3 is 3.00 bits per heavy atom. The highest BCUT2D eigenvalue weighted by Crippen LogP contribution is 2.20. The minimum Gasteiger partial charge on any atom is -0.354 e. The van der Waals surface area contributed by atoms with Gasteiger partial charge in [0, 0.05) is 44.1 Å². The zero-order valence-electron chi connectivity index (χ0n) is 10.5. The zero-order valence-corrected chi connectivity index (χ0v) is 10.5. The molecule has 0 bridgehead atoms. The number of carbonyl (C=O) groups is 1. The Morgan fingerprint density at radius 1 is 1.44 bits per heavy atom. The molecule has 1 aromatic heterocycles. The van der Waals surface area contributed by atoms with E-state index in [9.17, 15) is 4.79 Å². The summed E-state index contributed by atoms with van der Waals surface area (Å²) in [5, 5.41) is 2.85. The molecule has 0 aromatic carbocycles. The molecule has 1 amide bonds. The smallest absolute Gasteiger partial charge is 0.234 e. The first-order chi connectivity index (χ1) is 8.72. The fourth-order valence-corrected chi connectivity index (χ4v) is 2.41. The molecule has 0 atom stereocenters. The van der Waals surface area contributed by atoms with E-state index in [1.165, 1.54) is 0 Å². The highest BCUT2D eigenvalue weighted by Gasteiger charge is 2.35. The molecular weight excluding hydrogens is 230 g/mol. The van der Waals surface area contributed by atoms with Crippen molar-refractivity contribution in [2.24, 2.45) is 0 Å². The fraction of sp³-hybridized carbons (Fsp3) is 0.583. The second-order valence-electron chi connectivity index (χ2n) is 4.88. The molecule has 18 heavy (non-hydrogen) atoms. The second kappa shape index (κ2) is 4.53. The molecule has 96 valence electrons. The molecule has 0 unspecified atom stereocenters. The minimum absolute atomic E-state index is 0.131. The maximum absolute atomic E-state index is 11.3. The Bertz CT molecular complexity index is 458. The van der Waals surface area contributed by atoms with Gasteiger partial charge < -0.3 is 10.2 Å². The van der Waals surface area contributed by atoms with E-state index < -0.39 is 0 Å². The van der Waals surface area contributed by atoms with Crippen LogP contribution in [0.3, 0.4) is 0 Å². The van der Waals surface area contributed by atoms with Gasteiger partial charge >= 0.3 is 0 Å². The summed E-state index contributed by atoms with van der Waals surface area (Å²) < 4.78 is 0. The number of aromatic nitrogens is 2. The van der Waals surface area contributed by atoms with Gasteiger partial charge in [-0.05, 0) is 13.0 Å². The van der Waals surface area contributed by atoms with Gasteiger partial charge in [-0.3, -0.25) is 9.69 Å². The van der Waals surface area contributed by atoms with E-state index in [1.54, 1.807) is 6.20 Å². The maximum atomic E-state index is 11.3. The molecule has 0 spiro atoms. The number of anilines is 1. The number of carbonyl (C=O) groups excluding carboxylic acids is 1. The zero-order chi connectivity index (χ0) is 12.5. The molecule has 6 heteroatoms. The molecule has 1 N–H and O–H groups in total. The average Bonchev–Trinajstić information content (AvgIpc) is 2.27. The summed E-state index contributed by atoms with van der Waals surface area (Å²) in [4.78, 5) is 24.4. The summed E-state index contributed by atoms with van der Waals surface area (Å²) >= 11 is 0. The lowest BCUT2D eigenvalue weighted by atomic mass is 10.1. The molecule has 0 radical (unpaired) electrons. The standard InChI is InChI=1S/C12H17N5O/c1-9-2-3-14-12(15-9)17-6-10(7-17)16-5-4-13-11(18)8-16/h2-3,10H,4-8H2,1H3,(H,13,18). The summed E-state index contributed by atoms with van der Waals surface area (Å²) in [6, 6.07) is 2.36. The Hall–Kier alpha value is -1.69. The molecule has 3 heterocycles. The van der Waals surface area contributed by atoms with Crippen LogP contribution < -0.4 is 10.2 Å². The first-order valence-electron chi connectivity index (χ1n) is 6.28. The number of nitrogens with one attached hydrogen (secondary N) is 1. The van der Waals surface area contributed by atoms with E-state index in [0.29, 0.717) is 12.6 Å². The normalized spacial score (nSPS) is 21.6. The Balaban J connectivity index is 1.58. The SMILES string of the molecule is Cc1ccnc(N2CC(N3CCNC(=O)C3)C2)n1. The largest absolute Gasteiger partial charge is 0.354 e. The van der Waals surface area contributed by atoms with E-state index in [2.05, 4.69) is 25.1 Å². The van der Waals surface area contributed by atoms with Crippen LogP contribution in [-0.4, -0.2) is 59.5 Å². The van der Waals surface area contributed by atoms with Crippen molar-refractivity contribution in [1.82, 2.24) is 20.2 Å². The van der Waals surface area contributed by atoms with Crippen molar-refractivity contribution in [2.75, 3.05) is 37.6 Å². The maximum Gasteiger partial charge on any atom is 0.234 e. The minimum atomic E-state index is 0.131.